The topological polar surface area (TPSA) is 91.7 Å². The highest BCUT2D eigenvalue weighted by Gasteiger charge is 2.28. The molecule has 0 spiro atoms. The van der Waals surface area contributed by atoms with Gasteiger partial charge in [-0.3, -0.25) is 4.79 Å². The van der Waals surface area contributed by atoms with E-state index in [9.17, 15) is 13.2 Å². The Morgan fingerprint density at radius 1 is 1.38 bits per heavy atom. The summed E-state index contributed by atoms with van der Waals surface area (Å²) in [5.74, 6) is 0.758. The van der Waals surface area contributed by atoms with E-state index in [2.05, 4.69) is 17.0 Å². The molecule has 0 unspecified atom stereocenters. The van der Waals surface area contributed by atoms with Crippen LogP contribution in [0.3, 0.4) is 0 Å². The zero-order valence-electron chi connectivity index (χ0n) is 14.3. The van der Waals surface area contributed by atoms with Crippen molar-refractivity contribution in [3.63, 3.8) is 0 Å². The number of hydrogen-bond donors (Lipinski definition) is 2. The number of carbonyl (C=O) groups excluding carboxylic acids is 1. The summed E-state index contributed by atoms with van der Waals surface area (Å²) in [6.45, 7) is 7.00. The number of carbonyl (C=O) groups is 1. The van der Waals surface area contributed by atoms with Gasteiger partial charge in [0.2, 0.25) is 5.09 Å². The Morgan fingerprint density at radius 2 is 2.00 bits per heavy atom. The molecule has 0 saturated carbocycles. The Morgan fingerprint density at radius 3 is 2.54 bits per heavy atom. The van der Waals surface area contributed by atoms with Crippen LogP contribution < -0.4 is 10.0 Å². The Balaban J connectivity index is 0.00000288. The van der Waals surface area contributed by atoms with E-state index in [1.54, 1.807) is 11.8 Å². The lowest BCUT2D eigenvalue weighted by molar-refractivity contribution is 0.0688. The van der Waals surface area contributed by atoms with E-state index in [-0.39, 0.29) is 23.4 Å². The first-order valence-electron chi connectivity index (χ1n) is 7.93. The summed E-state index contributed by atoms with van der Waals surface area (Å²) < 4.78 is 31.0. The summed E-state index contributed by atoms with van der Waals surface area (Å²) in [6, 6.07) is 1.31. The van der Waals surface area contributed by atoms with E-state index in [1.807, 2.05) is 0 Å². The second-order valence-electron chi connectivity index (χ2n) is 5.79. The Bertz CT molecular complexity index is 652. The van der Waals surface area contributed by atoms with Gasteiger partial charge in [-0.2, -0.15) is 0 Å². The summed E-state index contributed by atoms with van der Waals surface area (Å²) in [7, 11) is -2.37. The summed E-state index contributed by atoms with van der Waals surface area (Å²) in [4.78, 5) is 14.4. The van der Waals surface area contributed by atoms with Crippen molar-refractivity contribution in [1.29, 1.82) is 0 Å². The number of aryl methyl sites for hydroxylation is 1. The molecule has 2 heterocycles. The van der Waals surface area contributed by atoms with Gasteiger partial charge in [0, 0.05) is 19.2 Å². The molecular weight excluding hydrogens is 354 g/mol. The third-order valence-corrected chi connectivity index (χ3v) is 5.51. The van der Waals surface area contributed by atoms with Gasteiger partial charge in [-0.05, 0) is 45.8 Å². The molecular formula is C15H26ClN3O4S. The van der Waals surface area contributed by atoms with Crippen LogP contribution in [0.2, 0.25) is 0 Å². The van der Waals surface area contributed by atoms with Crippen LogP contribution in [0, 0.1) is 12.8 Å². The van der Waals surface area contributed by atoms with E-state index in [0.29, 0.717) is 30.3 Å². The van der Waals surface area contributed by atoms with Crippen molar-refractivity contribution in [1.82, 2.24) is 14.9 Å². The van der Waals surface area contributed by atoms with Gasteiger partial charge in [0.15, 0.2) is 0 Å². The van der Waals surface area contributed by atoms with E-state index < -0.39 is 10.0 Å². The molecule has 1 aliphatic heterocycles. The molecule has 0 radical (unpaired) electrons. The minimum absolute atomic E-state index is 0. The number of sulfonamides is 1. The fraction of sp³-hybridized carbons (Fsp3) is 0.667. The number of halogens is 1. The monoisotopic (exact) mass is 379 g/mol. The predicted molar refractivity (Wildman–Crippen MR) is 94.1 cm³/mol. The van der Waals surface area contributed by atoms with Gasteiger partial charge < -0.3 is 14.6 Å². The number of piperidine rings is 1. The molecule has 2 rings (SSSR count). The SMILES string of the molecule is CCNCC1CCN(C(=O)c2cc(S(=O)(=O)NC)oc2C)CC1.Cl. The molecule has 7 nitrogen and oxygen atoms in total. The summed E-state index contributed by atoms with van der Waals surface area (Å²) in [6.07, 6.45) is 1.91. The van der Waals surface area contributed by atoms with Crippen molar-refractivity contribution in [2.45, 2.75) is 31.8 Å². The smallest absolute Gasteiger partial charge is 0.273 e. The van der Waals surface area contributed by atoms with Crippen LogP contribution in [0.25, 0.3) is 0 Å². The molecule has 0 aromatic carbocycles. The van der Waals surface area contributed by atoms with Crippen molar-refractivity contribution in [2.75, 3.05) is 33.2 Å². The molecule has 1 saturated heterocycles. The predicted octanol–water partition coefficient (Wildman–Crippen LogP) is 1.38. The fourth-order valence-electron chi connectivity index (χ4n) is 2.76. The highest BCUT2D eigenvalue weighted by Crippen LogP contribution is 2.23. The number of amides is 1. The van der Waals surface area contributed by atoms with E-state index in [1.165, 1.54) is 13.1 Å². The third kappa shape index (κ3) is 4.72. The first-order chi connectivity index (χ1) is 10.9. The van der Waals surface area contributed by atoms with Crippen molar-refractivity contribution in [3.05, 3.63) is 17.4 Å². The first-order valence-corrected chi connectivity index (χ1v) is 9.41. The van der Waals surface area contributed by atoms with Gasteiger partial charge in [0.1, 0.15) is 5.76 Å². The minimum Gasteiger partial charge on any atom is -0.448 e. The number of hydrogen-bond acceptors (Lipinski definition) is 5. The molecule has 1 amide bonds. The van der Waals surface area contributed by atoms with Crippen LogP contribution in [0.15, 0.2) is 15.6 Å². The van der Waals surface area contributed by atoms with Gasteiger partial charge in [-0.15, -0.1) is 12.4 Å². The normalized spacial score (nSPS) is 16.0. The van der Waals surface area contributed by atoms with E-state index >= 15 is 0 Å². The summed E-state index contributed by atoms with van der Waals surface area (Å²) in [5, 5.41) is 3.12. The quantitative estimate of drug-likeness (QED) is 0.779. The molecule has 9 heteroatoms. The van der Waals surface area contributed by atoms with Crippen molar-refractivity contribution < 1.29 is 17.6 Å². The lowest BCUT2D eigenvalue weighted by Gasteiger charge is -2.32. The molecule has 0 aliphatic carbocycles. The van der Waals surface area contributed by atoms with Gasteiger partial charge in [0.05, 0.1) is 5.56 Å². The van der Waals surface area contributed by atoms with Crippen LogP contribution in [-0.4, -0.2) is 52.5 Å². The molecule has 2 N–H and O–H groups in total. The van der Waals surface area contributed by atoms with Crippen molar-refractivity contribution >= 4 is 28.3 Å². The minimum atomic E-state index is -3.68. The summed E-state index contributed by atoms with van der Waals surface area (Å²) in [5.41, 5.74) is 0.323. The standard InChI is InChI=1S/C15H25N3O4S.ClH/c1-4-17-10-12-5-7-18(8-6-12)15(19)13-9-14(22-11(13)2)23(20,21)16-3;/h9,12,16-17H,4-8,10H2,1-3H3;1H. The number of rotatable bonds is 6. The first kappa shape index (κ1) is 21.0. The molecule has 24 heavy (non-hydrogen) atoms. The lowest BCUT2D eigenvalue weighted by atomic mass is 9.96. The van der Waals surface area contributed by atoms with Gasteiger partial charge in [-0.25, -0.2) is 13.1 Å². The average molecular weight is 380 g/mol. The second-order valence-corrected chi connectivity index (χ2v) is 7.60. The Hall–Kier alpha value is -1.09. The van der Waals surface area contributed by atoms with Crippen molar-refractivity contribution in [2.24, 2.45) is 5.92 Å². The van der Waals surface area contributed by atoms with Gasteiger partial charge in [0.25, 0.3) is 15.9 Å². The molecule has 1 aromatic heterocycles. The van der Waals surface area contributed by atoms with E-state index in [0.717, 1.165) is 25.9 Å². The zero-order valence-corrected chi connectivity index (χ0v) is 15.9. The van der Waals surface area contributed by atoms with Crippen molar-refractivity contribution in [3.8, 4) is 0 Å². The number of furan rings is 1. The lowest BCUT2D eigenvalue weighted by Crippen LogP contribution is -2.40. The fourth-order valence-corrected chi connectivity index (χ4v) is 3.47. The second kappa shape index (κ2) is 8.84. The highest BCUT2D eigenvalue weighted by molar-refractivity contribution is 7.89. The Kier molecular flexibility index (Phi) is 7.72. The average Bonchev–Trinajstić information content (AvgIpc) is 2.95. The number of nitrogens with zero attached hydrogens (tertiary/aromatic N) is 1. The van der Waals surface area contributed by atoms with E-state index in [4.69, 9.17) is 4.42 Å². The molecule has 0 atom stereocenters. The van der Waals surface area contributed by atoms with Crippen LogP contribution >= 0.6 is 12.4 Å². The maximum Gasteiger partial charge on any atom is 0.273 e. The molecule has 0 bridgehead atoms. The highest BCUT2D eigenvalue weighted by atomic mass is 35.5. The summed E-state index contributed by atoms with van der Waals surface area (Å²) >= 11 is 0. The van der Waals surface area contributed by atoms with Crippen LogP contribution in [0.5, 0.6) is 0 Å². The maximum atomic E-state index is 12.6. The molecule has 138 valence electrons. The molecule has 1 aromatic rings. The van der Waals surface area contributed by atoms with Crippen LogP contribution in [-0.2, 0) is 10.0 Å². The number of likely N-dealkylation sites (tertiary alicyclic amines) is 1. The van der Waals surface area contributed by atoms with Crippen LogP contribution in [0.1, 0.15) is 35.9 Å². The third-order valence-electron chi connectivity index (χ3n) is 4.24. The number of nitrogens with one attached hydrogen (secondary N) is 2. The van der Waals surface area contributed by atoms with Gasteiger partial charge in [-0.1, -0.05) is 6.92 Å². The Labute approximate surface area is 149 Å². The largest absolute Gasteiger partial charge is 0.448 e. The molecule has 1 fully saturated rings. The van der Waals surface area contributed by atoms with Crippen LogP contribution in [0.4, 0.5) is 0 Å². The van der Waals surface area contributed by atoms with Gasteiger partial charge >= 0.3 is 0 Å². The zero-order chi connectivity index (χ0) is 17.0. The molecule has 1 aliphatic rings. The maximum absolute atomic E-state index is 12.6.